The molecule has 1 aromatic heterocycles. The Bertz CT molecular complexity index is 426. The summed E-state index contributed by atoms with van der Waals surface area (Å²) in [5.74, 6) is 1.26. The Kier molecular flexibility index (Phi) is 6.08. The predicted octanol–water partition coefficient (Wildman–Crippen LogP) is 1.99. The lowest BCUT2D eigenvalue weighted by Crippen LogP contribution is -2.39. The van der Waals surface area contributed by atoms with Gasteiger partial charge in [-0.25, -0.2) is 0 Å². The molecule has 1 atom stereocenters. The summed E-state index contributed by atoms with van der Waals surface area (Å²) in [6, 6.07) is 0. The van der Waals surface area contributed by atoms with Gasteiger partial charge in [0, 0.05) is 48.9 Å². The van der Waals surface area contributed by atoms with E-state index in [2.05, 4.69) is 66.2 Å². The van der Waals surface area contributed by atoms with Crippen LogP contribution in [0.2, 0.25) is 0 Å². The van der Waals surface area contributed by atoms with Crippen molar-refractivity contribution < 1.29 is 0 Å². The molecule has 1 saturated heterocycles. The molecule has 0 aromatic carbocycles. The fraction of sp³-hybridized carbons (Fsp3) is 0.867. The number of thioether (sulfide) groups is 1. The molecule has 0 radical (unpaired) electrons. The number of rotatable bonds is 6. The third-order valence-corrected chi connectivity index (χ3v) is 5.08. The molecule has 0 spiro atoms. The second-order valence-corrected chi connectivity index (χ2v) is 8.19. The Morgan fingerprint density at radius 2 is 2.19 bits per heavy atom. The van der Waals surface area contributed by atoms with E-state index in [0.29, 0.717) is 0 Å². The van der Waals surface area contributed by atoms with Gasteiger partial charge in [-0.1, -0.05) is 12.1 Å². The summed E-state index contributed by atoms with van der Waals surface area (Å²) in [5, 5.41) is 12.7. The molecule has 1 N–H and O–H groups in total. The number of hydrogen-bond acceptors (Lipinski definition) is 5. The number of aromatic nitrogens is 3. The van der Waals surface area contributed by atoms with Crippen LogP contribution >= 0.6 is 11.8 Å². The molecule has 1 aromatic rings. The van der Waals surface area contributed by atoms with Crippen molar-refractivity contribution >= 4 is 11.8 Å². The maximum atomic E-state index is 4.24. The molecule has 0 aliphatic carbocycles. The first-order valence-corrected chi connectivity index (χ1v) is 8.99. The topological polar surface area (TPSA) is 46.0 Å². The van der Waals surface area contributed by atoms with E-state index >= 15 is 0 Å². The highest BCUT2D eigenvalue weighted by Crippen LogP contribution is 2.20. The predicted molar refractivity (Wildman–Crippen MR) is 89.6 cm³/mol. The standard InChI is InChI=1S/C15H29N5S/c1-5-14-12-19(8-9-21-14)6-7-20-11-13(17-18-20)10-16-15(2,3)4/h11,14,16H,5-10,12H2,1-4H3. The minimum Gasteiger partial charge on any atom is -0.306 e. The summed E-state index contributed by atoms with van der Waals surface area (Å²) < 4.78 is 1.97. The van der Waals surface area contributed by atoms with Gasteiger partial charge in [-0.05, 0) is 27.2 Å². The van der Waals surface area contributed by atoms with Crippen molar-refractivity contribution in [3.8, 4) is 0 Å². The Labute approximate surface area is 132 Å². The molecule has 0 saturated carbocycles. The maximum Gasteiger partial charge on any atom is 0.0965 e. The van der Waals surface area contributed by atoms with Gasteiger partial charge in [-0.15, -0.1) is 5.10 Å². The number of nitrogens with one attached hydrogen (secondary N) is 1. The first-order valence-electron chi connectivity index (χ1n) is 7.94. The van der Waals surface area contributed by atoms with Gasteiger partial charge in [0.25, 0.3) is 0 Å². The summed E-state index contributed by atoms with van der Waals surface area (Å²) in [4.78, 5) is 2.55. The SMILES string of the molecule is CCC1CN(CCn2cc(CNC(C)(C)C)nn2)CCS1. The van der Waals surface area contributed by atoms with Crippen molar-refractivity contribution in [3.63, 3.8) is 0 Å². The minimum atomic E-state index is 0.115. The highest BCUT2D eigenvalue weighted by molar-refractivity contribution is 8.00. The highest BCUT2D eigenvalue weighted by atomic mass is 32.2. The van der Waals surface area contributed by atoms with E-state index in [9.17, 15) is 0 Å². The first-order chi connectivity index (χ1) is 9.96. The molecule has 2 heterocycles. The lowest BCUT2D eigenvalue weighted by Gasteiger charge is -2.31. The van der Waals surface area contributed by atoms with E-state index in [1.165, 1.54) is 25.3 Å². The third kappa shape index (κ3) is 5.96. The highest BCUT2D eigenvalue weighted by Gasteiger charge is 2.18. The fourth-order valence-electron chi connectivity index (χ4n) is 2.36. The second kappa shape index (κ2) is 7.61. The number of hydrogen-bond donors (Lipinski definition) is 1. The molecular weight excluding hydrogens is 282 g/mol. The van der Waals surface area contributed by atoms with Crippen LogP contribution in [0.25, 0.3) is 0 Å². The van der Waals surface area contributed by atoms with Crippen LogP contribution in [0.5, 0.6) is 0 Å². The molecule has 0 amide bonds. The van der Waals surface area contributed by atoms with Crippen LogP contribution in [-0.2, 0) is 13.1 Å². The van der Waals surface area contributed by atoms with Gasteiger partial charge in [-0.2, -0.15) is 11.8 Å². The average molecular weight is 311 g/mol. The molecule has 120 valence electrons. The smallest absolute Gasteiger partial charge is 0.0965 e. The van der Waals surface area contributed by atoms with Crippen LogP contribution in [0.15, 0.2) is 6.20 Å². The van der Waals surface area contributed by atoms with Gasteiger partial charge >= 0.3 is 0 Å². The monoisotopic (exact) mass is 311 g/mol. The first kappa shape index (κ1) is 16.8. The van der Waals surface area contributed by atoms with E-state index < -0.39 is 0 Å². The normalized spacial score (nSPS) is 20.9. The van der Waals surface area contributed by atoms with E-state index in [4.69, 9.17) is 0 Å². The molecule has 5 nitrogen and oxygen atoms in total. The Balaban J connectivity index is 1.75. The molecule has 0 bridgehead atoms. The van der Waals surface area contributed by atoms with Crippen molar-refractivity contribution in [1.29, 1.82) is 0 Å². The van der Waals surface area contributed by atoms with Crippen LogP contribution in [0.1, 0.15) is 39.8 Å². The molecule has 21 heavy (non-hydrogen) atoms. The van der Waals surface area contributed by atoms with E-state index in [1.807, 2.05) is 4.68 Å². The summed E-state index contributed by atoms with van der Waals surface area (Å²) in [6.45, 7) is 14.0. The van der Waals surface area contributed by atoms with Crippen LogP contribution in [0.4, 0.5) is 0 Å². The van der Waals surface area contributed by atoms with Crippen LogP contribution in [-0.4, -0.2) is 56.1 Å². The van der Waals surface area contributed by atoms with Gasteiger partial charge < -0.3 is 5.32 Å². The van der Waals surface area contributed by atoms with E-state index in [-0.39, 0.29) is 5.54 Å². The summed E-state index contributed by atoms with van der Waals surface area (Å²) in [5.41, 5.74) is 1.13. The van der Waals surface area contributed by atoms with Crippen molar-refractivity contribution in [3.05, 3.63) is 11.9 Å². The van der Waals surface area contributed by atoms with Gasteiger partial charge in [0.1, 0.15) is 0 Å². The largest absolute Gasteiger partial charge is 0.306 e. The third-order valence-electron chi connectivity index (χ3n) is 3.71. The van der Waals surface area contributed by atoms with Crippen molar-refractivity contribution in [1.82, 2.24) is 25.2 Å². The van der Waals surface area contributed by atoms with Crippen molar-refractivity contribution in [2.24, 2.45) is 0 Å². The molecule has 6 heteroatoms. The Morgan fingerprint density at radius 1 is 1.38 bits per heavy atom. The lowest BCUT2D eigenvalue weighted by molar-refractivity contribution is 0.264. The zero-order chi connectivity index (χ0) is 15.3. The summed E-state index contributed by atoms with van der Waals surface area (Å²) in [7, 11) is 0. The van der Waals surface area contributed by atoms with Gasteiger partial charge in [-0.3, -0.25) is 9.58 Å². The molecule has 2 rings (SSSR count). The van der Waals surface area contributed by atoms with E-state index in [0.717, 1.165) is 30.6 Å². The summed E-state index contributed by atoms with van der Waals surface area (Å²) in [6.07, 6.45) is 3.34. The zero-order valence-corrected chi connectivity index (χ0v) is 14.6. The fourth-order valence-corrected chi connectivity index (χ4v) is 3.61. The molecule has 1 fully saturated rings. The summed E-state index contributed by atoms with van der Waals surface area (Å²) >= 11 is 2.12. The molecular formula is C15H29N5S. The average Bonchev–Trinajstić information content (AvgIpc) is 2.90. The van der Waals surface area contributed by atoms with Gasteiger partial charge in [0.05, 0.1) is 12.2 Å². The van der Waals surface area contributed by atoms with Gasteiger partial charge in [0.15, 0.2) is 0 Å². The van der Waals surface area contributed by atoms with Crippen molar-refractivity contribution in [2.45, 2.75) is 58.0 Å². The molecule has 1 aliphatic rings. The second-order valence-electron chi connectivity index (χ2n) is 6.78. The minimum absolute atomic E-state index is 0.115. The maximum absolute atomic E-state index is 4.24. The van der Waals surface area contributed by atoms with Gasteiger partial charge in [0.2, 0.25) is 0 Å². The van der Waals surface area contributed by atoms with E-state index in [1.54, 1.807) is 0 Å². The lowest BCUT2D eigenvalue weighted by atomic mass is 10.1. The quantitative estimate of drug-likeness (QED) is 0.870. The zero-order valence-electron chi connectivity index (χ0n) is 13.8. The van der Waals surface area contributed by atoms with Crippen LogP contribution < -0.4 is 5.32 Å². The Morgan fingerprint density at radius 3 is 2.90 bits per heavy atom. The number of nitrogens with zero attached hydrogens (tertiary/aromatic N) is 4. The Hall–Kier alpha value is -0.590. The molecule has 1 aliphatic heterocycles. The molecule has 1 unspecified atom stereocenters. The van der Waals surface area contributed by atoms with Crippen LogP contribution in [0, 0.1) is 0 Å². The van der Waals surface area contributed by atoms with Crippen LogP contribution in [0.3, 0.4) is 0 Å². The van der Waals surface area contributed by atoms with Crippen molar-refractivity contribution in [2.75, 3.05) is 25.4 Å².